The van der Waals surface area contributed by atoms with E-state index in [2.05, 4.69) is 5.32 Å². The van der Waals surface area contributed by atoms with Crippen molar-refractivity contribution in [1.82, 2.24) is 0 Å². The molecule has 0 spiro atoms. The third-order valence-electron chi connectivity index (χ3n) is 3.50. The van der Waals surface area contributed by atoms with Gasteiger partial charge in [0.2, 0.25) is 0 Å². The monoisotopic (exact) mass is 361 g/mol. The zero-order chi connectivity index (χ0) is 16.8. The number of para-hydroxylation sites is 1. The molecule has 2 aromatic carbocycles. The SMILES string of the molecule is COc1cc(C2SCCS2)ccc1OCC(=O)Nc1ccccc1. The molecule has 1 aliphatic heterocycles. The highest BCUT2D eigenvalue weighted by molar-refractivity contribution is 8.19. The lowest BCUT2D eigenvalue weighted by Crippen LogP contribution is -2.20. The number of ether oxygens (including phenoxy) is 2. The summed E-state index contributed by atoms with van der Waals surface area (Å²) >= 11 is 3.88. The molecular weight excluding hydrogens is 342 g/mol. The maximum Gasteiger partial charge on any atom is 0.262 e. The number of amides is 1. The molecule has 1 amide bonds. The van der Waals surface area contributed by atoms with Crippen LogP contribution in [-0.2, 0) is 4.79 Å². The molecular formula is C18H19NO3S2. The summed E-state index contributed by atoms with van der Waals surface area (Å²) in [5.74, 6) is 3.39. The van der Waals surface area contributed by atoms with Crippen molar-refractivity contribution in [2.24, 2.45) is 0 Å². The minimum absolute atomic E-state index is 0.0580. The summed E-state index contributed by atoms with van der Waals surface area (Å²) in [5.41, 5.74) is 1.98. The molecule has 126 valence electrons. The number of benzene rings is 2. The van der Waals surface area contributed by atoms with Gasteiger partial charge in [-0.15, -0.1) is 23.5 Å². The Morgan fingerprint density at radius 3 is 2.58 bits per heavy atom. The quantitative estimate of drug-likeness (QED) is 0.836. The molecule has 1 N–H and O–H groups in total. The summed E-state index contributed by atoms with van der Waals surface area (Å²) in [4.78, 5) is 12.0. The van der Waals surface area contributed by atoms with Crippen LogP contribution in [0.2, 0.25) is 0 Å². The van der Waals surface area contributed by atoms with E-state index in [0.29, 0.717) is 16.1 Å². The molecule has 0 aromatic heterocycles. The Morgan fingerprint density at radius 2 is 1.88 bits per heavy atom. The Morgan fingerprint density at radius 1 is 1.12 bits per heavy atom. The zero-order valence-corrected chi connectivity index (χ0v) is 15.0. The Labute approximate surface area is 150 Å². The molecule has 1 saturated heterocycles. The van der Waals surface area contributed by atoms with Crippen molar-refractivity contribution >= 4 is 35.1 Å². The van der Waals surface area contributed by atoms with E-state index in [1.54, 1.807) is 7.11 Å². The molecule has 0 aliphatic carbocycles. The topological polar surface area (TPSA) is 47.6 Å². The second-order valence-corrected chi connectivity index (χ2v) is 7.91. The van der Waals surface area contributed by atoms with Gasteiger partial charge in [-0.25, -0.2) is 0 Å². The highest BCUT2D eigenvalue weighted by Gasteiger charge is 2.20. The Kier molecular flexibility index (Phi) is 5.93. The first-order valence-electron chi connectivity index (χ1n) is 7.65. The van der Waals surface area contributed by atoms with E-state index in [9.17, 15) is 4.79 Å². The van der Waals surface area contributed by atoms with Gasteiger partial charge in [0.1, 0.15) is 0 Å². The van der Waals surface area contributed by atoms with Crippen LogP contribution in [0.25, 0.3) is 0 Å². The van der Waals surface area contributed by atoms with Crippen LogP contribution in [0.5, 0.6) is 11.5 Å². The van der Waals surface area contributed by atoms with Crippen LogP contribution in [0.4, 0.5) is 5.69 Å². The van der Waals surface area contributed by atoms with Gasteiger partial charge in [0, 0.05) is 17.2 Å². The number of carbonyl (C=O) groups excluding carboxylic acids is 1. The van der Waals surface area contributed by atoms with Crippen LogP contribution in [0, 0.1) is 0 Å². The first-order chi connectivity index (χ1) is 11.8. The largest absolute Gasteiger partial charge is 0.493 e. The van der Waals surface area contributed by atoms with Crippen molar-refractivity contribution in [3.05, 3.63) is 54.1 Å². The number of anilines is 1. The summed E-state index contributed by atoms with van der Waals surface area (Å²) in [6.07, 6.45) is 0. The van der Waals surface area contributed by atoms with Gasteiger partial charge in [-0.1, -0.05) is 24.3 Å². The number of methoxy groups -OCH3 is 1. The average Bonchev–Trinajstić information content (AvgIpc) is 3.15. The molecule has 2 aromatic rings. The van der Waals surface area contributed by atoms with Crippen molar-refractivity contribution in [1.29, 1.82) is 0 Å². The van der Waals surface area contributed by atoms with Gasteiger partial charge in [-0.3, -0.25) is 4.79 Å². The number of rotatable bonds is 6. The minimum atomic E-state index is -0.200. The predicted molar refractivity (Wildman–Crippen MR) is 101 cm³/mol. The van der Waals surface area contributed by atoms with Crippen molar-refractivity contribution in [3.63, 3.8) is 0 Å². The lowest BCUT2D eigenvalue weighted by atomic mass is 10.2. The average molecular weight is 361 g/mol. The van der Waals surface area contributed by atoms with Crippen LogP contribution < -0.4 is 14.8 Å². The number of carbonyl (C=O) groups is 1. The number of nitrogens with one attached hydrogen (secondary N) is 1. The summed E-state index contributed by atoms with van der Waals surface area (Å²) in [6, 6.07) is 15.2. The van der Waals surface area contributed by atoms with Crippen LogP contribution in [0.15, 0.2) is 48.5 Å². The molecule has 0 radical (unpaired) electrons. The van der Waals surface area contributed by atoms with Gasteiger partial charge in [0.25, 0.3) is 5.91 Å². The van der Waals surface area contributed by atoms with Gasteiger partial charge in [-0.05, 0) is 29.8 Å². The normalized spacial score (nSPS) is 14.4. The van der Waals surface area contributed by atoms with Crippen LogP contribution in [-0.4, -0.2) is 31.1 Å². The van der Waals surface area contributed by atoms with Crippen molar-refractivity contribution in [3.8, 4) is 11.5 Å². The molecule has 4 nitrogen and oxygen atoms in total. The lowest BCUT2D eigenvalue weighted by molar-refractivity contribution is -0.118. The second-order valence-electron chi connectivity index (χ2n) is 5.19. The highest BCUT2D eigenvalue weighted by Crippen LogP contribution is 2.46. The fourth-order valence-electron chi connectivity index (χ4n) is 2.36. The zero-order valence-electron chi connectivity index (χ0n) is 13.4. The van der Waals surface area contributed by atoms with Gasteiger partial charge >= 0.3 is 0 Å². The molecule has 1 heterocycles. The molecule has 0 bridgehead atoms. The first kappa shape index (κ1) is 17.0. The number of thioether (sulfide) groups is 2. The van der Waals surface area contributed by atoms with Gasteiger partial charge < -0.3 is 14.8 Å². The fourth-order valence-corrected chi connectivity index (χ4v) is 5.20. The van der Waals surface area contributed by atoms with E-state index in [1.807, 2.05) is 72.1 Å². The third-order valence-corrected chi connectivity index (χ3v) is 6.60. The molecule has 0 atom stereocenters. The van der Waals surface area contributed by atoms with Crippen LogP contribution in [0.1, 0.15) is 10.1 Å². The first-order valence-corrected chi connectivity index (χ1v) is 9.75. The Balaban J connectivity index is 1.61. The third kappa shape index (κ3) is 4.39. The van der Waals surface area contributed by atoms with Gasteiger partial charge in [0.15, 0.2) is 18.1 Å². The Hall–Kier alpha value is -1.79. The van der Waals surface area contributed by atoms with E-state index >= 15 is 0 Å². The molecule has 24 heavy (non-hydrogen) atoms. The highest BCUT2D eigenvalue weighted by atomic mass is 32.2. The molecule has 1 fully saturated rings. The smallest absolute Gasteiger partial charge is 0.262 e. The molecule has 3 rings (SSSR count). The van der Waals surface area contributed by atoms with E-state index in [0.717, 1.165) is 5.69 Å². The van der Waals surface area contributed by atoms with Gasteiger partial charge in [-0.2, -0.15) is 0 Å². The molecule has 0 unspecified atom stereocenters. The van der Waals surface area contributed by atoms with Crippen molar-refractivity contribution in [2.45, 2.75) is 4.58 Å². The van der Waals surface area contributed by atoms with E-state index in [-0.39, 0.29) is 12.5 Å². The van der Waals surface area contributed by atoms with Crippen molar-refractivity contribution < 1.29 is 14.3 Å². The van der Waals surface area contributed by atoms with E-state index in [4.69, 9.17) is 9.47 Å². The number of hydrogen-bond acceptors (Lipinski definition) is 5. The second kappa shape index (κ2) is 8.35. The Bertz CT molecular complexity index is 688. The maximum absolute atomic E-state index is 12.0. The summed E-state index contributed by atoms with van der Waals surface area (Å²) in [7, 11) is 1.62. The molecule has 1 aliphatic rings. The van der Waals surface area contributed by atoms with Gasteiger partial charge in [0.05, 0.1) is 11.7 Å². The lowest BCUT2D eigenvalue weighted by Gasteiger charge is -2.14. The number of hydrogen-bond donors (Lipinski definition) is 1. The molecule has 6 heteroatoms. The minimum Gasteiger partial charge on any atom is -0.493 e. The van der Waals surface area contributed by atoms with E-state index in [1.165, 1.54) is 17.1 Å². The summed E-state index contributed by atoms with van der Waals surface area (Å²) < 4.78 is 11.5. The summed E-state index contributed by atoms with van der Waals surface area (Å²) in [5, 5.41) is 2.79. The maximum atomic E-state index is 12.0. The van der Waals surface area contributed by atoms with Crippen molar-refractivity contribution in [2.75, 3.05) is 30.5 Å². The molecule has 0 saturated carbocycles. The van der Waals surface area contributed by atoms with E-state index < -0.39 is 0 Å². The summed E-state index contributed by atoms with van der Waals surface area (Å²) in [6.45, 7) is -0.0580. The van der Waals surface area contributed by atoms with Crippen LogP contribution >= 0.6 is 23.5 Å². The standard InChI is InChI=1S/C18H19NO3S2/c1-21-16-11-13(18-23-9-10-24-18)7-8-15(16)22-12-17(20)19-14-5-3-2-4-6-14/h2-8,11,18H,9-10,12H2,1H3,(H,19,20). The fraction of sp³-hybridized carbons (Fsp3) is 0.278. The predicted octanol–water partition coefficient (Wildman–Crippen LogP) is 4.19. The van der Waals surface area contributed by atoms with Crippen LogP contribution in [0.3, 0.4) is 0 Å².